The van der Waals surface area contributed by atoms with Crippen molar-refractivity contribution in [2.45, 2.75) is 47.1 Å². The summed E-state index contributed by atoms with van der Waals surface area (Å²) in [5.41, 5.74) is 2.83. The Morgan fingerprint density at radius 3 is 1.94 bits per heavy atom. The van der Waals surface area contributed by atoms with Crippen LogP contribution >= 0.6 is 0 Å². The Bertz CT molecular complexity index is 311. The SMILES string of the molecule is CC(C)CNC(C)c1ccc(CC(C)C)cc1. The molecule has 0 aliphatic heterocycles. The van der Waals surface area contributed by atoms with Crippen LogP contribution in [0.4, 0.5) is 0 Å². The minimum atomic E-state index is 0.450. The van der Waals surface area contributed by atoms with Crippen LogP contribution in [0, 0.1) is 11.8 Å². The van der Waals surface area contributed by atoms with Gasteiger partial charge in [0.25, 0.3) is 0 Å². The van der Waals surface area contributed by atoms with E-state index < -0.39 is 0 Å². The zero-order valence-corrected chi connectivity index (χ0v) is 12.0. The molecule has 1 atom stereocenters. The molecule has 0 saturated carbocycles. The monoisotopic (exact) mass is 233 g/mol. The number of hydrogen-bond donors (Lipinski definition) is 1. The van der Waals surface area contributed by atoms with Gasteiger partial charge in [0.1, 0.15) is 0 Å². The lowest BCUT2D eigenvalue weighted by atomic mass is 10.00. The second-order valence-electron chi connectivity index (χ2n) is 5.86. The van der Waals surface area contributed by atoms with E-state index in [-0.39, 0.29) is 0 Å². The molecule has 0 aromatic heterocycles. The van der Waals surface area contributed by atoms with Crippen molar-refractivity contribution in [2.75, 3.05) is 6.54 Å². The lowest BCUT2D eigenvalue weighted by molar-refractivity contribution is 0.496. The molecule has 0 radical (unpaired) electrons. The van der Waals surface area contributed by atoms with Gasteiger partial charge in [-0.3, -0.25) is 0 Å². The Labute approximate surface area is 107 Å². The third kappa shape index (κ3) is 5.36. The zero-order chi connectivity index (χ0) is 12.8. The molecule has 1 N–H and O–H groups in total. The van der Waals surface area contributed by atoms with Crippen molar-refractivity contribution in [3.63, 3.8) is 0 Å². The van der Waals surface area contributed by atoms with E-state index in [1.807, 2.05) is 0 Å². The summed E-state index contributed by atoms with van der Waals surface area (Å²) in [6, 6.07) is 9.50. The minimum absolute atomic E-state index is 0.450. The second-order valence-corrected chi connectivity index (χ2v) is 5.86. The molecule has 0 fully saturated rings. The van der Waals surface area contributed by atoms with E-state index in [2.05, 4.69) is 64.2 Å². The van der Waals surface area contributed by atoms with Crippen LogP contribution in [0.5, 0.6) is 0 Å². The van der Waals surface area contributed by atoms with E-state index in [1.54, 1.807) is 0 Å². The van der Waals surface area contributed by atoms with Gasteiger partial charge in [0, 0.05) is 6.04 Å². The van der Waals surface area contributed by atoms with Gasteiger partial charge in [-0.05, 0) is 42.9 Å². The third-order valence-corrected chi connectivity index (χ3v) is 2.96. The molecule has 17 heavy (non-hydrogen) atoms. The Morgan fingerprint density at radius 1 is 0.882 bits per heavy atom. The van der Waals surface area contributed by atoms with Gasteiger partial charge >= 0.3 is 0 Å². The zero-order valence-electron chi connectivity index (χ0n) is 12.0. The van der Waals surface area contributed by atoms with Crippen molar-refractivity contribution in [3.8, 4) is 0 Å². The standard InChI is InChI=1S/C16H27N/c1-12(2)10-15-6-8-16(9-7-15)14(5)17-11-13(3)4/h6-9,12-14,17H,10-11H2,1-5H3. The Morgan fingerprint density at radius 2 is 1.47 bits per heavy atom. The van der Waals surface area contributed by atoms with Crippen LogP contribution in [-0.2, 0) is 6.42 Å². The molecule has 0 aliphatic carbocycles. The molecule has 1 heteroatoms. The highest BCUT2D eigenvalue weighted by molar-refractivity contribution is 5.25. The van der Waals surface area contributed by atoms with E-state index in [1.165, 1.54) is 17.5 Å². The summed E-state index contributed by atoms with van der Waals surface area (Å²) in [6.07, 6.45) is 1.17. The van der Waals surface area contributed by atoms with Gasteiger partial charge in [-0.2, -0.15) is 0 Å². The molecule has 0 heterocycles. The number of nitrogens with one attached hydrogen (secondary N) is 1. The van der Waals surface area contributed by atoms with Gasteiger partial charge in [-0.25, -0.2) is 0 Å². The summed E-state index contributed by atoms with van der Waals surface area (Å²) in [4.78, 5) is 0. The van der Waals surface area contributed by atoms with Gasteiger partial charge in [-0.1, -0.05) is 52.0 Å². The van der Waals surface area contributed by atoms with Gasteiger partial charge in [0.2, 0.25) is 0 Å². The molecule has 0 spiro atoms. The fraction of sp³-hybridized carbons (Fsp3) is 0.625. The molecule has 1 aromatic rings. The summed E-state index contributed by atoms with van der Waals surface area (Å²) in [5.74, 6) is 1.44. The highest BCUT2D eigenvalue weighted by atomic mass is 14.9. The van der Waals surface area contributed by atoms with Crippen molar-refractivity contribution in [3.05, 3.63) is 35.4 Å². The van der Waals surface area contributed by atoms with Crippen LogP contribution in [0.3, 0.4) is 0 Å². The first-order valence-corrected chi connectivity index (χ1v) is 6.81. The van der Waals surface area contributed by atoms with E-state index in [0.717, 1.165) is 12.5 Å². The lowest BCUT2D eigenvalue weighted by Gasteiger charge is -2.16. The smallest absolute Gasteiger partial charge is 0.0291 e. The third-order valence-electron chi connectivity index (χ3n) is 2.96. The quantitative estimate of drug-likeness (QED) is 0.777. The number of rotatable bonds is 6. The number of hydrogen-bond acceptors (Lipinski definition) is 1. The van der Waals surface area contributed by atoms with Crippen LogP contribution in [0.1, 0.15) is 51.8 Å². The maximum Gasteiger partial charge on any atom is 0.0291 e. The molecule has 1 nitrogen and oxygen atoms in total. The van der Waals surface area contributed by atoms with Crippen molar-refractivity contribution in [1.29, 1.82) is 0 Å². The maximum absolute atomic E-state index is 3.56. The van der Waals surface area contributed by atoms with Crippen LogP contribution in [0.25, 0.3) is 0 Å². The van der Waals surface area contributed by atoms with Gasteiger partial charge in [0.05, 0.1) is 0 Å². The molecular formula is C16H27N. The molecule has 0 aliphatic rings. The molecule has 0 amide bonds. The molecular weight excluding hydrogens is 206 g/mol. The molecule has 96 valence electrons. The van der Waals surface area contributed by atoms with Crippen molar-refractivity contribution in [2.24, 2.45) is 11.8 Å². The summed E-state index contributed by atoms with van der Waals surface area (Å²) >= 11 is 0. The summed E-state index contributed by atoms with van der Waals surface area (Å²) in [6.45, 7) is 12.3. The largest absolute Gasteiger partial charge is 0.310 e. The molecule has 0 saturated heterocycles. The maximum atomic E-state index is 3.56. The van der Waals surface area contributed by atoms with Crippen molar-refractivity contribution >= 4 is 0 Å². The molecule has 1 aromatic carbocycles. The molecule has 1 rings (SSSR count). The summed E-state index contributed by atoms with van der Waals surface area (Å²) in [5, 5.41) is 3.56. The normalized spacial score (nSPS) is 13.4. The average molecular weight is 233 g/mol. The highest BCUT2D eigenvalue weighted by Gasteiger charge is 2.05. The van der Waals surface area contributed by atoms with Crippen molar-refractivity contribution in [1.82, 2.24) is 5.32 Å². The van der Waals surface area contributed by atoms with Crippen LogP contribution in [0.2, 0.25) is 0 Å². The first-order valence-electron chi connectivity index (χ1n) is 6.81. The van der Waals surface area contributed by atoms with Crippen molar-refractivity contribution < 1.29 is 0 Å². The predicted octanol–water partition coefficient (Wildman–Crippen LogP) is 4.19. The van der Waals surface area contributed by atoms with E-state index in [4.69, 9.17) is 0 Å². The lowest BCUT2D eigenvalue weighted by Crippen LogP contribution is -2.23. The summed E-state index contributed by atoms with van der Waals surface area (Å²) in [7, 11) is 0. The molecule has 0 bridgehead atoms. The predicted molar refractivity (Wildman–Crippen MR) is 76.2 cm³/mol. The first-order chi connectivity index (χ1) is 7.99. The Hall–Kier alpha value is -0.820. The fourth-order valence-electron chi connectivity index (χ4n) is 1.94. The average Bonchev–Trinajstić information content (AvgIpc) is 2.26. The van der Waals surface area contributed by atoms with E-state index in [9.17, 15) is 0 Å². The highest BCUT2D eigenvalue weighted by Crippen LogP contribution is 2.15. The van der Waals surface area contributed by atoms with Crippen LogP contribution in [0.15, 0.2) is 24.3 Å². The summed E-state index contributed by atoms with van der Waals surface area (Å²) < 4.78 is 0. The van der Waals surface area contributed by atoms with Gasteiger partial charge in [0.15, 0.2) is 0 Å². The van der Waals surface area contributed by atoms with Gasteiger partial charge < -0.3 is 5.32 Å². The Kier molecular flexibility index (Phi) is 5.70. The van der Waals surface area contributed by atoms with Crippen LogP contribution in [-0.4, -0.2) is 6.54 Å². The van der Waals surface area contributed by atoms with Gasteiger partial charge in [-0.15, -0.1) is 0 Å². The minimum Gasteiger partial charge on any atom is -0.310 e. The molecule has 1 unspecified atom stereocenters. The topological polar surface area (TPSA) is 12.0 Å². The Balaban J connectivity index is 2.54. The fourth-order valence-corrected chi connectivity index (χ4v) is 1.94. The van der Waals surface area contributed by atoms with E-state index >= 15 is 0 Å². The van der Waals surface area contributed by atoms with E-state index in [0.29, 0.717) is 12.0 Å². The first kappa shape index (κ1) is 14.2. The number of benzene rings is 1. The second kappa shape index (κ2) is 6.80. The van der Waals surface area contributed by atoms with Crippen LogP contribution < -0.4 is 5.32 Å².